The molecule has 1 aromatic carbocycles. The summed E-state index contributed by atoms with van der Waals surface area (Å²) in [6.07, 6.45) is -0.256. The molecule has 118 valence electrons. The van der Waals surface area contributed by atoms with Crippen molar-refractivity contribution in [3.8, 4) is 17.2 Å². The van der Waals surface area contributed by atoms with Gasteiger partial charge in [0.15, 0.2) is 11.5 Å². The fourth-order valence-electron chi connectivity index (χ4n) is 2.62. The van der Waals surface area contributed by atoms with Gasteiger partial charge in [0.2, 0.25) is 12.5 Å². The Morgan fingerprint density at radius 2 is 2.24 bits per heavy atom. The smallest absolute Gasteiger partial charge is 0.231 e. The molecule has 0 bridgehead atoms. The van der Waals surface area contributed by atoms with E-state index in [1.165, 1.54) is 0 Å². The lowest BCUT2D eigenvalue weighted by atomic mass is 10.1. The van der Waals surface area contributed by atoms with Gasteiger partial charge in [0.25, 0.3) is 0 Å². The molecule has 2 atom stereocenters. The first-order chi connectivity index (χ1) is 9.78. The molecule has 0 amide bonds. The molecule has 2 heterocycles. The van der Waals surface area contributed by atoms with Crippen molar-refractivity contribution in [2.24, 2.45) is 5.92 Å². The number of hydrogen-bond donors (Lipinski definition) is 3. The van der Waals surface area contributed by atoms with Gasteiger partial charge in [-0.3, -0.25) is 0 Å². The molecule has 0 radical (unpaired) electrons. The van der Waals surface area contributed by atoms with E-state index < -0.39 is 0 Å². The highest BCUT2D eigenvalue weighted by atomic mass is 35.5. The third kappa shape index (κ3) is 3.52. The Morgan fingerprint density at radius 3 is 2.95 bits per heavy atom. The van der Waals surface area contributed by atoms with E-state index in [4.69, 9.17) is 14.2 Å². The average Bonchev–Trinajstić information content (AvgIpc) is 3.07. The summed E-state index contributed by atoms with van der Waals surface area (Å²) in [5.74, 6) is 2.36. The van der Waals surface area contributed by atoms with Gasteiger partial charge >= 0.3 is 0 Å². The van der Waals surface area contributed by atoms with Crippen LogP contribution in [0.3, 0.4) is 0 Å². The number of hydrogen-bond acceptors (Lipinski definition) is 6. The van der Waals surface area contributed by atoms with Crippen molar-refractivity contribution in [3.63, 3.8) is 0 Å². The van der Waals surface area contributed by atoms with E-state index in [1.807, 2.05) is 12.1 Å². The highest BCUT2D eigenvalue weighted by Crippen LogP contribution is 2.41. The molecule has 2 unspecified atom stereocenters. The number of methoxy groups -OCH3 is 1. The molecule has 2 aliphatic heterocycles. The molecule has 2 aliphatic rings. The Hall–Kier alpha value is -1.21. The minimum absolute atomic E-state index is 0. The van der Waals surface area contributed by atoms with Gasteiger partial charge in [0.1, 0.15) is 0 Å². The second-order valence-electron chi connectivity index (χ2n) is 5.15. The van der Waals surface area contributed by atoms with Crippen LogP contribution in [0.4, 0.5) is 0 Å². The van der Waals surface area contributed by atoms with E-state index >= 15 is 0 Å². The van der Waals surface area contributed by atoms with Crippen molar-refractivity contribution in [2.75, 3.05) is 33.5 Å². The Balaban J connectivity index is 0.00000161. The number of β-amino-alcohol motifs (C(OH)–C–C–N with tert-alkyl or cyclic N) is 1. The van der Waals surface area contributed by atoms with Crippen LogP contribution < -0.4 is 24.8 Å². The van der Waals surface area contributed by atoms with Crippen LogP contribution in [0.2, 0.25) is 0 Å². The second kappa shape index (κ2) is 7.17. The van der Waals surface area contributed by atoms with Crippen LogP contribution >= 0.6 is 12.4 Å². The van der Waals surface area contributed by atoms with Crippen LogP contribution in [0.25, 0.3) is 0 Å². The highest BCUT2D eigenvalue weighted by molar-refractivity contribution is 5.85. The number of halogens is 1. The maximum atomic E-state index is 9.74. The minimum atomic E-state index is -0.256. The summed E-state index contributed by atoms with van der Waals surface area (Å²) in [7, 11) is 1.62. The van der Waals surface area contributed by atoms with Crippen molar-refractivity contribution in [2.45, 2.75) is 12.6 Å². The Labute approximate surface area is 130 Å². The lowest BCUT2D eigenvalue weighted by Gasteiger charge is -2.14. The van der Waals surface area contributed by atoms with Crippen molar-refractivity contribution in [3.05, 3.63) is 17.7 Å². The topological polar surface area (TPSA) is 72.0 Å². The summed E-state index contributed by atoms with van der Waals surface area (Å²) in [6.45, 7) is 3.27. The van der Waals surface area contributed by atoms with Gasteiger partial charge in [0.05, 0.1) is 13.2 Å². The quantitative estimate of drug-likeness (QED) is 0.735. The molecule has 6 nitrogen and oxygen atoms in total. The predicted molar refractivity (Wildman–Crippen MR) is 80.4 cm³/mol. The van der Waals surface area contributed by atoms with Crippen LogP contribution in [-0.2, 0) is 6.54 Å². The molecule has 1 fully saturated rings. The van der Waals surface area contributed by atoms with Crippen LogP contribution in [-0.4, -0.2) is 44.7 Å². The van der Waals surface area contributed by atoms with Crippen LogP contribution in [0.5, 0.6) is 17.2 Å². The lowest BCUT2D eigenvalue weighted by Crippen LogP contribution is -2.30. The number of ether oxygens (including phenoxy) is 3. The zero-order valence-electron chi connectivity index (χ0n) is 11.9. The summed E-state index contributed by atoms with van der Waals surface area (Å²) in [4.78, 5) is 0. The van der Waals surface area contributed by atoms with E-state index in [-0.39, 0.29) is 31.2 Å². The normalized spacial score (nSPS) is 23.0. The Morgan fingerprint density at radius 1 is 1.38 bits per heavy atom. The molecule has 0 saturated carbocycles. The number of fused-ring (bicyclic) bond motifs is 1. The summed E-state index contributed by atoms with van der Waals surface area (Å²) >= 11 is 0. The van der Waals surface area contributed by atoms with Gasteiger partial charge in [-0.1, -0.05) is 0 Å². The lowest BCUT2D eigenvalue weighted by molar-refractivity contribution is 0.146. The molecule has 0 aromatic heterocycles. The molecular weight excluding hydrogens is 296 g/mol. The first-order valence-corrected chi connectivity index (χ1v) is 6.84. The third-order valence-corrected chi connectivity index (χ3v) is 3.76. The number of rotatable bonds is 5. The monoisotopic (exact) mass is 316 g/mol. The van der Waals surface area contributed by atoms with Gasteiger partial charge in [-0.15, -0.1) is 12.4 Å². The molecule has 1 saturated heterocycles. The van der Waals surface area contributed by atoms with E-state index in [0.29, 0.717) is 24.6 Å². The molecular formula is C14H21ClN2O4. The van der Waals surface area contributed by atoms with Crippen LogP contribution in [0, 0.1) is 5.92 Å². The number of nitrogens with one attached hydrogen (secondary N) is 2. The van der Waals surface area contributed by atoms with Crippen LogP contribution in [0.1, 0.15) is 5.56 Å². The highest BCUT2D eigenvalue weighted by Gasteiger charge is 2.24. The summed E-state index contributed by atoms with van der Waals surface area (Å²) < 4.78 is 16.1. The summed E-state index contributed by atoms with van der Waals surface area (Å²) in [5.41, 5.74) is 1.08. The minimum Gasteiger partial charge on any atom is -0.493 e. The maximum absolute atomic E-state index is 9.74. The molecule has 7 heteroatoms. The van der Waals surface area contributed by atoms with Gasteiger partial charge < -0.3 is 30.0 Å². The van der Waals surface area contributed by atoms with E-state index in [0.717, 1.165) is 24.4 Å². The number of benzene rings is 1. The first kappa shape index (κ1) is 16.2. The molecule has 0 aliphatic carbocycles. The number of aliphatic hydroxyl groups excluding tert-OH is 1. The van der Waals surface area contributed by atoms with E-state index in [2.05, 4.69) is 10.6 Å². The van der Waals surface area contributed by atoms with Crippen molar-refractivity contribution in [1.29, 1.82) is 0 Å². The summed E-state index contributed by atoms with van der Waals surface area (Å²) in [6, 6.07) is 3.91. The third-order valence-electron chi connectivity index (χ3n) is 3.76. The van der Waals surface area contributed by atoms with Crippen molar-refractivity contribution >= 4 is 12.4 Å². The first-order valence-electron chi connectivity index (χ1n) is 6.84. The van der Waals surface area contributed by atoms with Gasteiger partial charge in [0, 0.05) is 32.1 Å². The molecule has 1 aromatic rings. The molecule has 21 heavy (non-hydrogen) atoms. The molecule has 3 rings (SSSR count). The van der Waals surface area contributed by atoms with Gasteiger partial charge in [-0.2, -0.15) is 0 Å². The van der Waals surface area contributed by atoms with Gasteiger partial charge in [-0.05, 0) is 17.7 Å². The van der Waals surface area contributed by atoms with Gasteiger partial charge in [-0.25, -0.2) is 0 Å². The molecule has 3 N–H and O–H groups in total. The predicted octanol–water partition coefficient (Wildman–Crippen LogP) is 0.516. The Kier molecular flexibility index (Phi) is 5.52. The zero-order valence-corrected chi connectivity index (χ0v) is 12.7. The fraction of sp³-hybridized carbons (Fsp3) is 0.571. The summed E-state index contributed by atoms with van der Waals surface area (Å²) in [5, 5.41) is 16.3. The average molecular weight is 317 g/mol. The second-order valence-corrected chi connectivity index (χ2v) is 5.15. The maximum Gasteiger partial charge on any atom is 0.231 e. The van der Waals surface area contributed by atoms with E-state index in [1.54, 1.807) is 7.11 Å². The molecule has 0 spiro atoms. The van der Waals surface area contributed by atoms with E-state index in [9.17, 15) is 5.11 Å². The van der Waals surface area contributed by atoms with Crippen molar-refractivity contribution < 1.29 is 19.3 Å². The number of aliphatic hydroxyl groups is 1. The zero-order chi connectivity index (χ0) is 13.9. The SMILES string of the molecule is COc1cc(CNCC2CNCC2O)cc2c1OCO2.Cl. The fourth-order valence-corrected chi connectivity index (χ4v) is 2.62. The van der Waals surface area contributed by atoms with Crippen LogP contribution in [0.15, 0.2) is 12.1 Å². The Bertz CT molecular complexity index is 486. The standard InChI is InChI=1S/C14H20N2O4.ClH/c1-18-12-2-9(3-13-14(12)20-8-19-13)4-15-5-10-6-16-7-11(10)17;/h2-3,10-11,15-17H,4-8H2,1H3;1H. The largest absolute Gasteiger partial charge is 0.493 e. The van der Waals surface area contributed by atoms with Crippen molar-refractivity contribution in [1.82, 2.24) is 10.6 Å².